The van der Waals surface area contributed by atoms with Crippen LogP contribution < -0.4 is 5.32 Å². The molecule has 0 atom stereocenters. The van der Waals surface area contributed by atoms with E-state index in [-0.39, 0.29) is 0 Å². The van der Waals surface area contributed by atoms with E-state index in [1.54, 1.807) is 29.4 Å². The van der Waals surface area contributed by atoms with Crippen LogP contribution in [0.1, 0.15) is 20.8 Å². The monoisotopic (exact) mass is 260 g/mol. The standard InChI is InChI=1S/C13H16N4O2/c1-13(2,3)19-12(18)16-10-4-6-11(7-5-10)17-8-14-15-9-17/h4-9H,1-3H3,(H,16,18). The van der Waals surface area contributed by atoms with Gasteiger partial charge < -0.3 is 4.74 Å². The van der Waals surface area contributed by atoms with Crippen LogP contribution in [0.4, 0.5) is 10.5 Å². The van der Waals surface area contributed by atoms with Crippen LogP contribution in [0.5, 0.6) is 0 Å². The minimum Gasteiger partial charge on any atom is -0.444 e. The molecule has 19 heavy (non-hydrogen) atoms. The van der Waals surface area contributed by atoms with Gasteiger partial charge in [-0.1, -0.05) is 0 Å². The lowest BCUT2D eigenvalue weighted by molar-refractivity contribution is 0.0636. The van der Waals surface area contributed by atoms with E-state index in [2.05, 4.69) is 15.5 Å². The fraction of sp³-hybridized carbons (Fsp3) is 0.308. The van der Waals surface area contributed by atoms with Crippen LogP contribution in [0.3, 0.4) is 0 Å². The number of anilines is 1. The Kier molecular flexibility index (Phi) is 3.50. The highest BCUT2D eigenvalue weighted by Gasteiger charge is 2.16. The topological polar surface area (TPSA) is 69.0 Å². The third-order valence-electron chi connectivity index (χ3n) is 2.23. The lowest BCUT2D eigenvalue weighted by atomic mass is 10.2. The van der Waals surface area contributed by atoms with E-state index in [1.807, 2.05) is 32.9 Å². The second kappa shape index (κ2) is 5.09. The van der Waals surface area contributed by atoms with E-state index in [9.17, 15) is 4.79 Å². The van der Waals surface area contributed by atoms with Gasteiger partial charge in [0, 0.05) is 11.4 Å². The Balaban J connectivity index is 2.01. The first-order valence-electron chi connectivity index (χ1n) is 5.89. The van der Waals surface area contributed by atoms with Gasteiger partial charge in [-0.3, -0.25) is 9.88 Å². The molecule has 2 aromatic rings. The van der Waals surface area contributed by atoms with Crippen molar-refractivity contribution in [1.29, 1.82) is 0 Å². The second-order valence-electron chi connectivity index (χ2n) is 5.04. The summed E-state index contributed by atoms with van der Waals surface area (Å²) in [7, 11) is 0. The lowest BCUT2D eigenvalue weighted by Crippen LogP contribution is -2.27. The maximum absolute atomic E-state index is 11.6. The number of nitrogens with one attached hydrogen (secondary N) is 1. The fourth-order valence-corrected chi connectivity index (χ4v) is 1.47. The molecule has 2 rings (SSSR count). The normalized spacial score (nSPS) is 11.1. The predicted octanol–water partition coefficient (Wildman–Crippen LogP) is 2.61. The van der Waals surface area contributed by atoms with E-state index in [0.717, 1.165) is 5.69 Å². The molecule has 100 valence electrons. The first kappa shape index (κ1) is 13.1. The summed E-state index contributed by atoms with van der Waals surface area (Å²) in [6.45, 7) is 5.46. The number of ether oxygens (including phenoxy) is 1. The zero-order valence-electron chi connectivity index (χ0n) is 11.1. The average molecular weight is 260 g/mol. The van der Waals surface area contributed by atoms with Crippen molar-refractivity contribution in [1.82, 2.24) is 14.8 Å². The maximum Gasteiger partial charge on any atom is 0.412 e. The molecular weight excluding hydrogens is 244 g/mol. The average Bonchev–Trinajstić information content (AvgIpc) is 2.80. The Morgan fingerprint density at radius 2 is 1.74 bits per heavy atom. The lowest BCUT2D eigenvalue weighted by Gasteiger charge is -2.19. The number of rotatable bonds is 2. The highest BCUT2D eigenvalue weighted by Crippen LogP contribution is 2.14. The Bertz CT molecular complexity index is 541. The number of carbonyl (C=O) groups excluding carboxylic acids is 1. The van der Waals surface area contributed by atoms with Crippen LogP contribution in [0.25, 0.3) is 5.69 Å². The molecule has 0 aliphatic rings. The maximum atomic E-state index is 11.6. The molecular formula is C13H16N4O2. The molecule has 6 nitrogen and oxygen atoms in total. The summed E-state index contributed by atoms with van der Waals surface area (Å²) in [5.74, 6) is 0. The summed E-state index contributed by atoms with van der Waals surface area (Å²) in [5.41, 5.74) is 1.08. The quantitative estimate of drug-likeness (QED) is 0.901. The van der Waals surface area contributed by atoms with Crippen molar-refractivity contribution in [2.45, 2.75) is 26.4 Å². The Hall–Kier alpha value is -2.37. The summed E-state index contributed by atoms with van der Waals surface area (Å²) in [6, 6.07) is 7.30. The van der Waals surface area contributed by atoms with E-state index in [1.165, 1.54) is 0 Å². The zero-order valence-corrected chi connectivity index (χ0v) is 11.1. The summed E-state index contributed by atoms with van der Waals surface area (Å²) >= 11 is 0. The number of hydrogen-bond donors (Lipinski definition) is 1. The van der Waals surface area contributed by atoms with Crippen molar-refractivity contribution in [3.63, 3.8) is 0 Å². The van der Waals surface area contributed by atoms with E-state index < -0.39 is 11.7 Å². The molecule has 1 N–H and O–H groups in total. The summed E-state index contributed by atoms with van der Waals surface area (Å²) in [4.78, 5) is 11.6. The molecule has 1 heterocycles. The van der Waals surface area contributed by atoms with Crippen molar-refractivity contribution in [3.05, 3.63) is 36.9 Å². The zero-order chi connectivity index (χ0) is 13.9. The molecule has 0 aliphatic heterocycles. The molecule has 6 heteroatoms. The van der Waals surface area contributed by atoms with E-state index in [0.29, 0.717) is 5.69 Å². The van der Waals surface area contributed by atoms with Crippen molar-refractivity contribution in [2.75, 3.05) is 5.32 Å². The van der Waals surface area contributed by atoms with Crippen molar-refractivity contribution in [2.24, 2.45) is 0 Å². The molecule has 0 radical (unpaired) electrons. The molecule has 0 spiro atoms. The molecule has 1 amide bonds. The first-order chi connectivity index (χ1) is 8.94. The number of benzene rings is 1. The van der Waals surface area contributed by atoms with Crippen LogP contribution in [0.2, 0.25) is 0 Å². The first-order valence-corrected chi connectivity index (χ1v) is 5.89. The molecule has 0 aliphatic carbocycles. The van der Waals surface area contributed by atoms with Gasteiger partial charge >= 0.3 is 6.09 Å². The molecule has 1 aromatic carbocycles. The van der Waals surface area contributed by atoms with Gasteiger partial charge in [0.15, 0.2) is 0 Å². The van der Waals surface area contributed by atoms with Crippen LogP contribution >= 0.6 is 0 Å². The number of aromatic nitrogens is 3. The minimum absolute atomic E-state index is 0.468. The number of amides is 1. The van der Waals surface area contributed by atoms with Gasteiger partial charge in [0.1, 0.15) is 18.3 Å². The Morgan fingerprint density at radius 1 is 1.16 bits per heavy atom. The largest absolute Gasteiger partial charge is 0.444 e. The third-order valence-corrected chi connectivity index (χ3v) is 2.23. The fourth-order valence-electron chi connectivity index (χ4n) is 1.47. The number of hydrogen-bond acceptors (Lipinski definition) is 4. The smallest absolute Gasteiger partial charge is 0.412 e. The van der Waals surface area contributed by atoms with Crippen LogP contribution in [0, 0.1) is 0 Å². The van der Waals surface area contributed by atoms with Gasteiger partial charge in [-0.2, -0.15) is 0 Å². The Labute approximate surface area is 111 Å². The highest BCUT2D eigenvalue weighted by molar-refractivity contribution is 5.84. The predicted molar refractivity (Wildman–Crippen MR) is 71.2 cm³/mol. The molecule has 1 aromatic heterocycles. The van der Waals surface area contributed by atoms with E-state index >= 15 is 0 Å². The van der Waals surface area contributed by atoms with Crippen molar-refractivity contribution in [3.8, 4) is 5.69 Å². The molecule has 0 fully saturated rings. The molecule has 0 saturated carbocycles. The van der Waals surface area contributed by atoms with Crippen LogP contribution in [-0.2, 0) is 4.74 Å². The summed E-state index contributed by atoms with van der Waals surface area (Å²) < 4.78 is 6.94. The van der Waals surface area contributed by atoms with Crippen molar-refractivity contribution < 1.29 is 9.53 Å². The highest BCUT2D eigenvalue weighted by atomic mass is 16.6. The van der Waals surface area contributed by atoms with E-state index in [4.69, 9.17) is 4.74 Å². The van der Waals surface area contributed by atoms with Gasteiger partial charge in [0.2, 0.25) is 0 Å². The molecule has 0 bridgehead atoms. The van der Waals surface area contributed by atoms with Gasteiger partial charge in [0.05, 0.1) is 0 Å². The van der Waals surface area contributed by atoms with Gasteiger partial charge in [-0.25, -0.2) is 4.79 Å². The van der Waals surface area contributed by atoms with Crippen LogP contribution in [-0.4, -0.2) is 26.5 Å². The summed E-state index contributed by atoms with van der Waals surface area (Å²) in [5, 5.41) is 10.1. The van der Waals surface area contributed by atoms with Gasteiger partial charge in [-0.15, -0.1) is 10.2 Å². The van der Waals surface area contributed by atoms with Crippen molar-refractivity contribution >= 4 is 11.8 Å². The molecule has 0 unspecified atom stereocenters. The second-order valence-corrected chi connectivity index (χ2v) is 5.04. The molecule has 0 saturated heterocycles. The van der Waals surface area contributed by atoms with Crippen LogP contribution in [0.15, 0.2) is 36.9 Å². The van der Waals surface area contributed by atoms with Gasteiger partial charge in [-0.05, 0) is 45.0 Å². The summed E-state index contributed by atoms with van der Waals surface area (Å²) in [6.07, 6.45) is 2.75. The Morgan fingerprint density at radius 3 is 2.26 bits per heavy atom. The number of carbonyl (C=O) groups is 1. The number of nitrogens with zero attached hydrogens (tertiary/aromatic N) is 3. The SMILES string of the molecule is CC(C)(C)OC(=O)Nc1ccc(-n2cnnc2)cc1. The minimum atomic E-state index is -0.507. The van der Waals surface area contributed by atoms with Gasteiger partial charge in [0.25, 0.3) is 0 Å². The third kappa shape index (κ3) is 3.80.